The van der Waals surface area contributed by atoms with Gasteiger partial charge >= 0.3 is 0 Å². The maximum absolute atomic E-state index is 9.57. The van der Waals surface area contributed by atoms with Crippen molar-refractivity contribution in [3.63, 3.8) is 0 Å². The Morgan fingerprint density at radius 1 is 1.40 bits per heavy atom. The van der Waals surface area contributed by atoms with Gasteiger partial charge in [0.25, 0.3) is 0 Å². The Balaban J connectivity index is 2.45. The quantitative estimate of drug-likeness (QED) is 0.571. The van der Waals surface area contributed by atoms with Gasteiger partial charge in [-0.2, -0.15) is 0 Å². The molecule has 0 spiro atoms. The van der Waals surface area contributed by atoms with Crippen LogP contribution in [0.5, 0.6) is 0 Å². The third kappa shape index (κ3) is 1.70. The highest BCUT2D eigenvalue weighted by molar-refractivity contribution is 4.91. The summed E-state index contributed by atoms with van der Waals surface area (Å²) < 4.78 is 0. The second-order valence-corrected chi connectivity index (χ2v) is 3.85. The third-order valence-electron chi connectivity index (χ3n) is 2.23. The number of hydrogen-bond donors (Lipinski definition) is 2. The summed E-state index contributed by atoms with van der Waals surface area (Å²) in [4.78, 5) is 0. The molecule has 0 radical (unpaired) electrons. The van der Waals surface area contributed by atoms with E-state index in [0.29, 0.717) is 12.1 Å². The monoisotopic (exact) mass is 143 g/mol. The molecular weight excluding hydrogens is 126 g/mol. The van der Waals surface area contributed by atoms with E-state index in [0.717, 1.165) is 6.42 Å². The van der Waals surface area contributed by atoms with E-state index in [-0.39, 0.29) is 0 Å². The van der Waals surface area contributed by atoms with E-state index >= 15 is 0 Å². The van der Waals surface area contributed by atoms with Gasteiger partial charge in [0.2, 0.25) is 0 Å². The van der Waals surface area contributed by atoms with Crippen LogP contribution >= 0.6 is 0 Å². The zero-order valence-electron chi connectivity index (χ0n) is 7.02. The first-order valence-corrected chi connectivity index (χ1v) is 3.98. The molecule has 1 aliphatic rings. The minimum atomic E-state index is -0.551. The fourth-order valence-corrected chi connectivity index (χ4v) is 1.48. The molecule has 1 fully saturated rings. The highest BCUT2D eigenvalue weighted by Gasteiger charge is 2.31. The van der Waals surface area contributed by atoms with Gasteiger partial charge in [-0.05, 0) is 33.6 Å². The standard InChI is InChI=1S/C8H17NO/c1-6-4-5-7(9-6)8(2,3)10/h6-7,9-10H,4-5H2,1-3H3/t6-,7-/m1/s1. The van der Waals surface area contributed by atoms with Crippen molar-refractivity contribution in [3.05, 3.63) is 0 Å². The molecular formula is C8H17NO. The fraction of sp³-hybridized carbons (Fsp3) is 1.00. The summed E-state index contributed by atoms with van der Waals surface area (Å²) in [5, 5.41) is 12.9. The van der Waals surface area contributed by atoms with Crippen LogP contribution < -0.4 is 5.32 Å². The van der Waals surface area contributed by atoms with Crippen molar-refractivity contribution in [2.24, 2.45) is 0 Å². The smallest absolute Gasteiger partial charge is 0.0744 e. The third-order valence-corrected chi connectivity index (χ3v) is 2.23. The molecule has 0 amide bonds. The topological polar surface area (TPSA) is 32.3 Å². The number of rotatable bonds is 1. The van der Waals surface area contributed by atoms with Crippen molar-refractivity contribution in [3.8, 4) is 0 Å². The van der Waals surface area contributed by atoms with E-state index < -0.39 is 5.60 Å². The van der Waals surface area contributed by atoms with Crippen molar-refractivity contribution >= 4 is 0 Å². The Bertz CT molecular complexity index is 117. The minimum Gasteiger partial charge on any atom is -0.389 e. The first-order valence-electron chi connectivity index (χ1n) is 3.98. The number of aliphatic hydroxyl groups is 1. The largest absolute Gasteiger partial charge is 0.389 e. The summed E-state index contributed by atoms with van der Waals surface area (Å²) in [7, 11) is 0. The molecule has 1 heterocycles. The summed E-state index contributed by atoms with van der Waals surface area (Å²) in [5.41, 5.74) is -0.551. The van der Waals surface area contributed by atoms with Gasteiger partial charge in [0.15, 0.2) is 0 Å². The van der Waals surface area contributed by atoms with Gasteiger partial charge in [0, 0.05) is 12.1 Å². The average molecular weight is 143 g/mol. The lowest BCUT2D eigenvalue weighted by Crippen LogP contribution is -2.44. The molecule has 1 aliphatic heterocycles. The van der Waals surface area contributed by atoms with E-state index in [2.05, 4.69) is 12.2 Å². The molecule has 2 N–H and O–H groups in total. The second kappa shape index (κ2) is 2.51. The maximum Gasteiger partial charge on any atom is 0.0744 e. The van der Waals surface area contributed by atoms with Crippen LogP contribution in [0.3, 0.4) is 0 Å². The Kier molecular flexibility index (Phi) is 2.02. The van der Waals surface area contributed by atoms with Crippen molar-refractivity contribution in [2.75, 3.05) is 0 Å². The van der Waals surface area contributed by atoms with Crippen molar-refractivity contribution in [1.29, 1.82) is 0 Å². The molecule has 1 saturated heterocycles. The second-order valence-electron chi connectivity index (χ2n) is 3.85. The van der Waals surface area contributed by atoms with Crippen molar-refractivity contribution in [2.45, 2.75) is 51.3 Å². The van der Waals surface area contributed by atoms with E-state index in [9.17, 15) is 5.11 Å². The van der Waals surface area contributed by atoms with E-state index in [1.807, 2.05) is 13.8 Å². The molecule has 0 aromatic rings. The molecule has 0 aliphatic carbocycles. The van der Waals surface area contributed by atoms with E-state index in [4.69, 9.17) is 0 Å². The van der Waals surface area contributed by atoms with Gasteiger partial charge in [-0.15, -0.1) is 0 Å². The van der Waals surface area contributed by atoms with Gasteiger partial charge < -0.3 is 10.4 Å². The molecule has 60 valence electrons. The molecule has 0 saturated carbocycles. The van der Waals surface area contributed by atoms with Gasteiger partial charge in [0.1, 0.15) is 0 Å². The highest BCUT2D eigenvalue weighted by Crippen LogP contribution is 2.21. The average Bonchev–Trinajstić information content (AvgIpc) is 2.11. The first kappa shape index (κ1) is 8.02. The Labute approximate surface area is 62.6 Å². The number of nitrogens with one attached hydrogen (secondary N) is 1. The predicted octanol–water partition coefficient (Wildman–Crippen LogP) is 0.898. The normalized spacial score (nSPS) is 34.8. The number of hydrogen-bond acceptors (Lipinski definition) is 2. The zero-order valence-corrected chi connectivity index (χ0v) is 7.02. The van der Waals surface area contributed by atoms with Crippen LogP contribution in [0.15, 0.2) is 0 Å². The molecule has 0 aromatic carbocycles. The Morgan fingerprint density at radius 3 is 2.20 bits per heavy atom. The van der Waals surface area contributed by atoms with Gasteiger partial charge in [-0.3, -0.25) is 0 Å². The zero-order chi connectivity index (χ0) is 7.78. The van der Waals surface area contributed by atoms with Crippen molar-refractivity contribution in [1.82, 2.24) is 5.32 Å². The van der Waals surface area contributed by atoms with Crippen LogP contribution in [0.4, 0.5) is 0 Å². The molecule has 2 nitrogen and oxygen atoms in total. The van der Waals surface area contributed by atoms with Crippen LogP contribution in [0, 0.1) is 0 Å². The van der Waals surface area contributed by atoms with E-state index in [1.165, 1.54) is 6.42 Å². The van der Waals surface area contributed by atoms with Gasteiger partial charge in [0.05, 0.1) is 5.60 Å². The predicted molar refractivity (Wildman–Crippen MR) is 41.9 cm³/mol. The van der Waals surface area contributed by atoms with Crippen LogP contribution in [0.1, 0.15) is 33.6 Å². The molecule has 2 heteroatoms. The summed E-state index contributed by atoms with van der Waals surface area (Å²) in [6.07, 6.45) is 2.29. The molecule has 0 bridgehead atoms. The van der Waals surface area contributed by atoms with Crippen LogP contribution in [-0.4, -0.2) is 22.8 Å². The van der Waals surface area contributed by atoms with Gasteiger partial charge in [-0.25, -0.2) is 0 Å². The lowest BCUT2D eigenvalue weighted by atomic mass is 9.98. The maximum atomic E-state index is 9.57. The van der Waals surface area contributed by atoms with Crippen LogP contribution in [0.2, 0.25) is 0 Å². The van der Waals surface area contributed by atoms with Gasteiger partial charge in [-0.1, -0.05) is 0 Å². The first-order chi connectivity index (χ1) is 4.50. The fourth-order valence-electron chi connectivity index (χ4n) is 1.48. The SMILES string of the molecule is C[C@@H]1CC[C@H](C(C)(C)O)N1. The van der Waals surface area contributed by atoms with Crippen LogP contribution in [0.25, 0.3) is 0 Å². The molecule has 1 rings (SSSR count). The molecule has 0 unspecified atom stereocenters. The highest BCUT2D eigenvalue weighted by atomic mass is 16.3. The summed E-state index contributed by atoms with van der Waals surface area (Å²) in [5.74, 6) is 0. The molecule has 0 aromatic heterocycles. The van der Waals surface area contributed by atoms with Crippen LogP contribution in [-0.2, 0) is 0 Å². The lowest BCUT2D eigenvalue weighted by Gasteiger charge is -2.25. The van der Waals surface area contributed by atoms with Crippen molar-refractivity contribution < 1.29 is 5.11 Å². The lowest BCUT2D eigenvalue weighted by molar-refractivity contribution is 0.0435. The minimum absolute atomic E-state index is 0.294. The summed E-state index contributed by atoms with van der Waals surface area (Å²) in [6, 6.07) is 0.874. The Morgan fingerprint density at radius 2 is 2.00 bits per heavy atom. The summed E-state index contributed by atoms with van der Waals surface area (Å²) in [6.45, 7) is 5.89. The molecule has 10 heavy (non-hydrogen) atoms. The Hall–Kier alpha value is -0.0800. The van der Waals surface area contributed by atoms with E-state index in [1.54, 1.807) is 0 Å². The summed E-state index contributed by atoms with van der Waals surface area (Å²) >= 11 is 0. The molecule has 2 atom stereocenters.